The SMILES string of the molecule is O=S(=O)(Nc1ccccc1-c1csc(-c2ccccc2F)n1)c1ccccc1C(F)(F)F. The Labute approximate surface area is 185 Å². The maximum absolute atomic E-state index is 14.1. The number of hydrogen-bond donors (Lipinski definition) is 1. The first kappa shape index (κ1) is 22.0. The Bertz CT molecular complexity index is 1380. The first-order valence-electron chi connectivity index (χ1n) is 9.16. The van der Waals surface area contributed by atoms with Gasteiger partial charge in [-0.1, -0.05) is 42.5 Å². The number of hydrogen-bond acceptors (Lipinski definition) is 4. The molecule has 1 N–H and O–H groups in total. The van der Waals surface area contributed by atoms with E-state index in [1.54, 1.807) is 41.8 Å². The topological polar surface area (TPSA) is 59.1 Å². The van der Waals surface area contributed by atoms with Gasteiger partial charge in [0, 0.05) is 16.5 Å². The van der Waals surface area contributed by atoms with E-state index in [1.807, 2.05) is 0 Å². The molecular weight excluding hydrogens is 464 g/mol. The molecule has 0 fully saturated rings. The van der Waals surface area contributed by atoms with E-state index in [1.165, 1.54) is 18.2 Å². The van der Waals surface area contributed by atoms with Crippen molar-refractivity contribution in [2.45, 2.75) is 11.1 Å². The maximum Gasteiger partial charge on any atom is 0.417 e. The number of nitrogens with one attached hydrogen (secondary N) is 1. The van der Waals surface area contributed by atoms with E-state index < -0.39 is 32.5 Å². The zero-order valence-electron chi connectivity index (χ0n) is 16.1. The molecule has 0 spiro atoms. The van der Waals surface area contributed by atoms with Crippen LogP contribution in [-0.2, 0) is 16.2 Å². The third kappa shape index (κ3) is 4.37. The number of thiazole rings is 1. The number of anilines is 1. The minimum atomic E-state index is -4.84. The van der Waals surface area contributed by atoms with E-state index in [4.69, 9.17) is 0 Å². The lowest BCUT2D eigenvalue weighted by atomic mass is 10.1. The largest absolute Gasteiger partial charge is 0.417 e. The van der Waals surface area contributed by atoms with Gasteiger partial charge in [0.25, 0.3) is 10.0 Å². The van der Waals surface area contributed by atoms with E-state index in [9.17, 15) is 26.0 Å². The minimum absolute atomic E-state index is 0.0508. The molecule has 4 rings (SSSR count). The van der Waals surface area contributed by atoms with Crippen molar-refractivity contribution in [2.75, 3.05) is 4.72 Å². The van der Waals surface area contributed by atoms with Crippen molar-refractivity contribution in [1.82, 2.24) is 4.98 Å². The molecule has 1 heterocycles. The number of halogens is 4. The molecule has 0 saturated carbocycles. The van der Waals surface area contributed by atoms with Crippen LogP contribution in [0.15, 0.2) is 83.1 Å². The molecule has 4 nitrogen and oxygen atoms in total. The van der Waals surface area contributed by atoms with Gasteiger partial charge in [0.15, 0.2) is 0 Å². The van der Waals surface area contributed by atoms with Gasteiger partial charge in [0.1, 0.15) is 10.8 Å². The van der Waals surface area contributed by atoms with Crippen molar-refractivity contribution in [2.24, 2.45) is 0 Å². The zero-order chi connectivity index (χ0) is 22.9. The highest BCUT2D eigenvalue weighted by Gasteiger charge is 2.37. The number of para-hydroxylation sites is 1. The van der Waals surface area contributed by atoms with Crippen LogP contribution in [0.1, 0.15) is 5.56 Å². The summed E-state index contributed by atoms with van der Waals surface area (Å²) in [7, 11) is -4.56. The Balaban J connectivity index is 1.73. The monoisotopic (exact) mass is 478 g/mol. The number of nitrogens with zero attached hydrogens (tertiary/aromatic N) is 1. The highest BCUT2D eigenvalue weighted by Crippen LogP contribution is 2.37. The average Bonchev–Trinajstić information content (AvgIpc) is 3.23. The second-order valence-corrected chi connectivity index (χ2v) is 9.17. The lowest BCUT2D eigenvalue weighted by Crippen LogP contribution is -2.19. The molecule has 0 aliphatic heterocycles. The molecule has 0 aliphatic carbocycles. The number of aromatic nitrogens is 1. The van der Waals surface area contributed by atoms with Gasteiger partial charge in [-0.05, 0) is 30.3 Å². The number of benzene rings is 3. The van der Waals surface area contributed by atoms with Crippen LogP contribution in [0.2, 0.25) is 0 Å². The number of alkyl halides is 3. The highest BCUT2D eigenvalue weighted by molar-refractivity contribution is 7.92. The lowest BCUT2D eigenvalue weighted by molar-refractivity contribution is -0.139. The summed E-state index contributed by atoms with van der Waals surface area (Å²) in [5, 5.41) is 2.01. The Morgan fingerprint density at radius 1 is 0.844 bits per heavy atom. The van der Waals surface area contributed by atoms with Crippen molar-refractivity contribution in [1.29, 1.82) is 0 Å². The van der Waals surface area contributed by atoms with Gasteiger partial charge in [-0.2, -0.15) is 13.2 Å². The van der Waals surface area contributed by atoms with Crippen LogP contribution in [0.4, 0.5) is 23.2 Å². The van der Waals surface area contributed by atoms with Gasteiger partial charge in [-0.3, -0.25) is 4.72 Å². The van der Waals surface area contributed by atoms with Crippen LogP contribution in [-0.4, -0.2) is 13.4 Å². The van der Waals surface area contributed by atoms with E-state index in [0.717, 1.165) is 23.5 Å². The molecule has 10 heteroatoms. The van der Waals surface area contributed by atoms with Crippen LogP contribution in [0, 0.1) is 5.82 Å². The first-order chi connectivity index (χ1) is 15.2. The molecule has 0 bridgehead atoms. The second kappa shape index (κ2) is 8.36. The molecule has 3 aromatic carbocycles. The summed E-state index contributed by atoms with van der Waals surface area (Å²) in [4.78, 5) is 3.51. The van der Waals surface area contributed by atoms with Crippen LogP contribution in [0.3, 0.4) is 0 Å². The van der Waals surface area contributed by atoms with Crippen molar-refractivity contribution in [3.63, 3.8) is 0 Å². The minimum Gasteiger partial charge on any atom is -0.279 e. The molecule has 0 amide bonds. The summed E-state index contributed by atoms with van der Waals surface area (Å²) >= 11 is 1.16. The molecule has 4 aromatic rings. The first-order valence-corrected chi connectivity index (χ1v) is 11.5. The summed E-state index contributed by atoms with van der Waals surface area (Å²) in [5.74, 6) is -0.453. The van der Waals surface area contributed by atoms with Crippen molar-refractivity contribution in [3.8, 4) is 21.8 Å². The molecule has 0 radical (unpaired) electrons. The summed E-state index contributed by atoms with van der Waals surface area (Å²) in [5.41, 5.74) is -0.216. The molecule has 0 saturated heterocycles. The fourth-order valence-corrected chi connectivity index (χ4v) is 5.24. The normalized spacial score (nSPS) is 12.0. The third-order valence-corrected chi connectivity index (χ3v) is 6.84. The van der Waals surface area contributed by atoms with Crippen molar-refractivity contribution < 1.29 is 26.0 Å². The number of sulfonamides is 1. The predicted molar refractivity (Wildman–Crippen MR) is 115 cm³/mol. The summed E-state index contributed by atoms with van der Waals surface area (Å²) < 4.78 is 82.0. The van der Waals surface area contributed by atoms with Gasteiger partial charge >= 0.3 is 6.18 Å². The molecule has 32 heavy (non-hydrogen) atoms. The smallest absolute Gasteiger partial charge is 0.279 e. The Hall–Kier alpha value is -3.24. The molecule has 0 aliphatic rings. The standard InChI is InChI=1S/C22H14F4N2O2S2/c23-17-10-4-1-7-14(17)21-27-19(13-31-21)15-8-2-5-11-18(15)28-32(29,30)20-12-6-3-9-16(20)22(24,25)26/h1-13,28H. The van der Waals surface area contributed by atoms with Crippen molar-refractivity contribution >= 4 is 27.0 Å². The fourth-order valence-electron chi connectivity index (χ4n) is 3.09. The highest BCUT2D eigenvalue weighted by atomic mass is 32.2. The van der Waals surface area contributed by atoms with Gasteiger partial charge in [-0.15, -0.1) is 11.3 Å². The van der Waals surface area contributed by atoms with Crippen LogP contribution in [0.5, 0.6) is 0 Å². The maximum atomic E-state index is 14.1. The van der Waals surface area contributed by atoms with Crippen LogP contribution in [0.25, 0.3) is 21.8 Å². The van der Waals surface area contributed by atoms with E-state index in [2.05, 4.69) is 9.71 Å². The van der Waals surface area contributed by atoms with Gasteiger partial charge in [0.2, 0.25) is 0 Å². The fraction of sp³-hybridized carbons (Fsp3) is 0.0455. The molecule has 0 unspecified atom stereocenters. The van der Waals surface area contributed by atoms with Gasteiger partial charge in [0.05, 0.1) is 21.8 Å². The molecule has 0 atom stereocenters. The summed E-state index contributed by atoms with van der Waals surface area (Å²) in [6.07, 6.45) is -4.84. The van der Waals surface area contributed by atoms with Crippen molar-refractivity contribution in [3.05, 3.63) is 89.6 Å². The Morgan fingerprint density at radius 3 is 2.19 bits per heavy atom. The Kier molecular flexibility index (Phi) is 5.74. The lowest BCUT2D eigenvalue weighted by Gasteiger charge is -2.15. The van der Waals surface area contributed by atoms with E-state index in [-0.39, 0.29) is 5.69 Å². The number of rotatable bonds is 5. The zero-order valence-corrected chi connectivity index (χ0v) is 17.7. The van der Waals surface area contributed by atoms with E-state index >= 15 is 0 Å². The third-order valence-electron chi connectivity index (χ3n) is 4.54. The molecular formula is C22H14F4N2O2S2. The van der Waals surface area contributed by atoms with Crippen LogP contribution < -0.4 is 4.72 Å². The van der Waals surface area contributed by atoms with Crippen LogP contribution >= 0.6 is 11.3 Å². The average molecular weight is 478 g/mol. The predicted octanol–water partition coefficient (Wildman–Crippen LogP) is 6.44. The Morgan fingerprint density at radius 2 is 1.47 bits per heavy atom. The molecule has 1 aromatic heterocycles. The second-order valence-electron chi connectivity index (χ2n) is 6.66. The van der Waals surface area contributed by atoms with E-state index in [0.29, 0.717) is 27.9 Å². The molecule has 164 valence electrons. The van der Waals surface area contributed by atoms with Gasteiger partial charge < -0.3 is 0 Å². The summed E-state index contributed by atoms with van der Waals surface area (Å²) in [6.45, 7) is 0. The van der Waals surface area contributed by atoms with Gasteiger partial charge in [-0.25, -0.2) is 17.8 Å². The summed E-state index contributed by atoms with van der Waals surface area (Å²) in [6, 6.07) is 16.2. The quantitative estimate of drug-likeness (QED) is 0.336.